The highest BCUT2D eigenvalue weighted by Gasteiger charge is 2.09. The molecule has 0 aliphatic heterocycles. The second-order valence-electron chi connectivity index (χ2n) is 3.65. The summed E-state index contributed by atoms with van der Waals surface area (Å²) in [6.45, 7) is 0.247. The highest BCUT2D eigenvalue weighted by molar-refractivity contribution is 6.33. The van der Waals surface area contributed by atoms with Crippen molar-refractivity contribution < 1.29 is 9.13 Å². The van der Waals surface area contributed by atoms with Gasteiger partial charge in [0.1, 0.15) is 18.2 Å². The summed E-state index contributed by atoms with van der Waals surface area (Å²) >= 11 is 5.97. The van der Waals surface area contributed by atoms with Crippen LogP contribution in [0.4, 0.5) is 10.2 Å². The van der Waals surface area contributed by atoms with Crippen LogP contribution in [0.3, 0.4) is 0 Å². The van der Waals surface area contributed by atoms with Crippen molar-refractivity contribution in [2.75, 3.05) is 12.8 Å². The van der Waals surface area contributed by atoms with Crippen LogP contribution in [0.15, 0.2) is 24.3 Å². The fourth-order valence-corrected chi connectivity index (χ4v) is 1.81. The Morgan fingerprint density at radius 1 is 1.33 bits per heavy atom. The highest BCUT2D eigenvalue weighted by atomic mass is 35.5. The summed E-state index contributed by atoms with van der Waals surface area (Å²) in [6.07, 6.45) is 0. The first kappa shape index (κ1) is 12.7. The van der Waals surface area contributed by atoms with Gasteiger partial charge in [-0.3, -0.25) is 0 Å². The van der Waals surface area contributed by atoms with Crippen LogP contribution in [0.1, 0.15) is 5.82 Å². The molecule has 0 unspecified atom stereocenters. The Labute approximate surface area is 109 Å². The van der Waals surface area contributed by atoms with Crippen molar-refractivity contribution >= 4 is 17.4 Å². The smallest absolute Gasteiger partial charge is 0.157 e. The van der Waals surface area contributed by atoms with Crippen LogP contribution in [0, 0.1) is 5.82 Å². The van der Waals surface area contributed by atoms with Crippen LogP contribution >= 0.6 is 11.6 Å². The molecule has 2 N–H and O–H groups in total. The Kier molecular flexibility index (Phi) is 3.74. The molecule has 0 saturated heterocycles. The molecule has 2 rings (SSSR count). The second kappa shape index (κ2) is 5.29. The predicted octanol–water partition coefficient (Wildman–Crippen LogP) is 2.66. The molecule has 0 saturated carbocycles. The number of hydrogen-bond donors (Lipinski definition) is 1. The zero-order chi connectivity index (χ0) is 13.1. The highest BCUT2D eigenvalue weighted by Crippen LogP contribution is 2.27. The van der Waals surface area contributed by atoms with Gasteiger partial charge in [-0.1, -0.05) is 11.6 Å². The van der Waals surface area contributed by atoms with E-state index in [9.17, 15) is 4.39 Å². The first-order chi connectivity index (χ1) is 8.60. The number of benzene rings is 1. The second-order valence-corrected chi connectivity index (χ2v) is 4.06. The first-order valence-electron chi connectivity index (χ1n) is 5.18. The van der Waals surface area contributed by atoms with Crippen molar-refractivity contribution in [3.8, 4) is 11.3 Å². The van der Waals surface area contributed by atoms with Gasteiger partial charge in [0, 0.05) is 18.7 Å². The molecule has 6 heteroatoms. The van der Waals surface area contributed by atoms with Crippen molar-refractivity contribution in [1.29, 1.82) is 0 Å². The molecule has 4 nitrogen and oxygen atoms in total. The minimum Gasteiger partial charge on any atom is -0.384 e. The maximum atomic E-state index is 13.0. The van der Waals surface area contributed by atoms with E-state index in [0.29, 0.717) is 22.9 Å². The van der Waals surface area contributed by atoms with Crippen molar-refractivity contribution in [1.82, 2.24) is 9.97 Å². The molecule has 0 radical (unpaired) electrons. The third-order valence-corrected chi connectivity index (χ3v) is 2.59. The normalized spacial score (nSPS) is 10.6. The molecule has 1 aromatic heterocycles. The van der Waals surface area contributed by atoms with Gasteiger partial charge in [0.25, 0.3) is 0 Å². The molecule has 0 amide bonds. The Morgan fingerprint density at radius 3 is 2.78 bits per heavy atom. The summed E-state index contributed by atoms with van der Waals surface area (Å²) in [7, 11) is 1.54. The molecular weight excluding hydrogens is 257 g/mol. The van der Waals surface area contributed by atoms with Crippen molar-refractivity contribution in [2.45, 2.75) is 6.61 Å². The van der Waals surface area contributed by atoms with Gasteiger partial charge in [0.05, 0.1) is 10.7 Å². The molecular formula is C12H11ClFN3O. The number of anilines is 1. The van der Waals surface area contributed by atoms with E-state index in [1.165, 1.54) is 19.2 Å². The topological polar surface area (TPSA) is 61.0 Å². The lowest BCUT2D eigenvalue weighted by molar-refractivity contribution is 0.178. The lowest BCUT2D eigenvalue weighted by Gasteiger charge is -2.07. The average Bonchev–Trinajstić information content (AvgIpc) is 2.28. The predicted molar refractivity (Wildman–Crippen MR) is 67.6 cm³/mol. The summed E-state index contributed by atoms with van der Waals surface area (Å²) in [4.78, 5) is 8.28. The largest absolute Gasteiger partial charge is 0.384 e. The molecule has 0 spiro atoms. The Morgan fingerprint density at radius 2 is 2.11 bits per heavy atom. The number of nitrogens with two attached hydrogens (primary N) is 1. The first-order valence-corrected chi connectivity index (χ1v) is 5.55. The van der Waals surface area contributed by atoms with E-state index < -0.39 is 5.82 Å². The Hall–Kier alpha value is -1.72. The number of rotatable bonds is 3. The number of aromatic nitrogens is 2. The van der Waals surface area contributed by atoms with E-state index in [1.807, 2.05) is 0 Å². The van der Waals surface area contributed by atoms with Crippen molar-refractivity contribution in [3.63, 3.8) is 0 Å². The number of halogens is 2. The number of methoxy groups -OCH3 is 1. The maximum Gasteiger partial charge on any atom is 0.157 e. The van der Waals surface area contributed by atoms with Crippen LogP contribution in [-0.4, -0.2) is 17.1 Å². The Bertz CT molecular complexity index is 577. The molecule has 0 atom stereocenters. The van der Waals surface area contributed by atoms with Crippen LogP contribution in [0.5, 0.6) is 0 Å². The quantitative estimate of drug-likeness (QED) is 0.929. The lowest BCUT2D eigenvalue weighted by Crippen LogP contribution is -2.02. The van der Waals surface area contributed by atoms with E-state index >= 15 is 0 Å². The molecule has 0 bridgehead atoms. The summed E-state index contributed by atoms with van der Waals surface area (Å²) in [5.41, 5.74) is 6.83. The number of ether oxygens (including phenoxy) is 1. The zero-order valence-electron chi connectivity index (χ0n) is 9.65. The number of hydrogen-bond acceptors (Lipinski definition) is 4. The summed E-state index contributed by atoms with van der Waals surface area (Å²) in [5, 5.41) is 0.275. The van der Waals surface area contributed by atoms with E-state index in [4.69, 9.17) is 22.1 Å². The van der Waals surface area contributed by atoms with Crippen LogP contribution in [-0.2, 0) is 11.3 Å². The van der Waals surface area contributed by atoms with E-state index in [-0.39, 0.29) is 11.6 Å². The molecule has 1 heterocycles. The fraction of sp³-hybridized carbons (Fsp3) is 0.167. The molecule has 1 aromatic carbocycles. The standard InChI is InChI=1S/C12H11ClFN3O/c1-18-6-12-16-10(5-11(15)17-12)8-3-2-7(14)4-9(8)13/h2-5H,6H2,1H3,(H2,15,16,17). The minimum absolute atomic E-state index is 0.247. The summed E-state index contributed by atoms with van der Waals surface area (Å²) < 4.78 is 17.9. The van der Waals surface area contributed by atoms with E-state index in [1.54, 1.807) is 12.1 Å². The van der Waals surface area contributed by atoms with Gasteiger partial charge in [0.2, 0.25) is 0 Å². The average molecular weight is 268 g/mol. The molecule has 0 aliphatic carbocycles. The van der Waals surface area contributed by atoms with E-state index in [0.717, 1.165) is 0 Å². The van der Waals surface area contributed by atoms with Crippen LogP contribution in [0.2, 0.25) is 5.02 Å². The maximum absolute atomic E-state index is 13.0. The SMILES string of the molecule is COCc1nc(N)cc(-c2ccc(F)cc2Cl)n1. The lowest BCUT2D eigenvalue weighted by atomic mass is 10.1. The number of nitrogens with zero attached hydrogens (tertiary/aromatic N) is 2. The van der Waals surface area contributed by atoms with Gasteiger partial charge in [-0.15, -0.1) is 0 Å². The summed E-state index contributed by atoms with van der Waals surface area (Å²) in [5.74, 6) is 0.364. The fourth-order valence-electron chi connectivity index (χ4n) is 1.55. The molecule has 94 valence electrons. The molecule has 2 aromatic rings. The van der Waals surface area contributed by atoms with Gasteiger partial charge in [-0.25, -0.2) is 14.4 Å². The Balaban J connectivity index is 2.49. The van der Waals surface area contributed by atoms with Crippen molar-refractivity contribution in [3.05, 3.63) is 40.9 Å². The third-order valence-electron chi connectivity index (χ3n) is 2.27. The van der Waals surface area contributed by atoms with Gasteiger partial charge in [-0.05, 0) is 18.2 Å². The molecule has 0 aliphatic rings. The van der Waals surface area contributed by atoms with Gasteiger partial charge < -0.3 is 10.5 Å². The van der Waals surface area contributed by atoms with Crippen LogP contribution < -0.4 is 5.73 Å². The van der Waals surface area contributed by atoms with Gasteiger partial charge in [0.15, 0.2) is 5.82 Å². The molecule has 18 heavy (non-hydrogen) atoms. The minimum atomic E-state index is -0.400. The third kappa shape index (κ3) is 2.75. The monoisotopic (exact) mass is 267 g/mol. The van der Waals surface area contributed by atoms with Crippen LogP contribution in [0.25, 0.3) is 11.3 Å². The van der Waals surface area contributed by atoms with E-state index in [2.05, 4.69) is 9.97 Å². The van der Waals surface area contributed by atoms with Crippen molar-refractivity contribution in [2.24, 2.45) is 0 Å². The van der Waals surface area contributed by atoms with Gasteiger partial charge in [-0.2, -0.15) is 0 Å². The zero-order valence-corrected chi connectivity index (χ0v) is 10.4. The van der Waals surface area contributed by atoms with Gasteiger partial charge >= 0.3 is 0 Å². The molecule has 0 fully saturated rings. The summed E-state index contributed by atoms with van der Waals surface area (Å²) in [6, 6.07) is 5.68. The number of nitrogen functional groups attached to an aromatic ring is 1.